The van der Waals surface area contributed by atoms with E-state index in [4.69, 9.17) is 10.5 Å². The lowest BCUT2D eigenvalue weighted by Gasteiger charge is -2.26. The monoisotopic (exact) mass is 412 g/mol. The molecule has 3 aromatic heterocycles. The van der Waals surface area contributed by atoms with Gasteiger partial charge in [0.2, 0.25) is 5.88 Å². The van der Waals surface area contributed by atoms with Crippen LogP contribution in [-0.4, -0.2) is 48.9 Å². The van der Waals surface area contributed by atoms with Crippen LogP contribution in [0.2, 0.25) is 0 Å². The zero-order valence-corrected chi connectivity index (χ0v) is 17.0. The number of aromatic hydroxyl groups is 1. The third-order valence-corrected chi connectivity index (χ3v) is 5.20. The molecular weight excluding hydrogens is 388 g/mol. The Morgan fingerprint density at radius 3 is 2.80 bits per heavy atom. The molecule has 0 unspecified atom stereocenters. The number of hydrogen-bond donors (Lipinski definition) is 3. The first-order chi connectivity index (χ1) is 14.2. The molecule has 1 amide bonds. The zero-order valence-electron chi connectivity index (χ0n) is 17.0. The topological polar surface area (TPSA) is 137 Å². The van der Waals surface area contributed by atoms with E-state index in [1.165, 1.54) is 4.57 Å². The molecule has 10 nitrogen and oxygen atoms in total. The SMILES string of the molecule is COC(C)(C)Cn1c(O)c(C(=O)NC2CC2)c(=O)n2nc(-c3cccnc3N)cc12. The molecule has 1 aliphatic carbocycles. The van der Waals surface area contributed by atoms with Crippen LogP contribution >= 0.6 is 0 Å². The highest BCUT2D eigenvalue weighted by Gasteiger charge is 2.31. The molecule has 0 saturated heterocycles. The second-order valence-corrected chi connectivity index (χ2v) is 8.04. The maximum atomic E-state index is 13.1. The van der Waals surface area contributed by atoms with Crippen molar-refractivity contribution in [3.8, 4) is 17.1 Å². The van der Waals surface area contributed by atoms with Crippen molar-refractivity contribution in [1.82, 2.24) is 24.5 Å². The molecule has 30 heavy (non-hydrogen) atoms. The number of hydrogen-bond acceptors (Lipinski definition) is 7. The number of fused-ring (bicyclic) bond motifs is 1. The number of aromatic nitrogens is 4. The molecule has 0 bridgehead atoms. The van der Waals surface area contributed by atoms with Gasteiger partial charge >= 0.3 is 0 Å². The molecule has 1 aliphatic rings. The maximum Gasteiger partial charge on any atom is 0.291 e. The molecule has 3 aromatic rings. The minimum absolute atomic E-state index is 0.0271. The van der Waals surface area contributed by atoms with Gasteiger partial charge in [0.25, 0.3) is 11.5 Å². The summed E-state index contributed by atoms with van der Waals surface area (Å²) in [6.07, 6.45) is 3.26. The lowest BCUT2D eigenvalue weighted by molar-refractivity contribution is 0.00715. The smallest absolute Gasteiger partial charge is 0.291 e. The fourth-order valence-corrected chi connectivity index (χ4v) is 3.21. The van der Waals surface area contributed by atoms with Crippen LogP contribution in [0.5, 0.6) is 5.88 Å². The summed E-state index contributed by atoms with van der Waals surface area (Å²) < 4.78 is 8.05. The average molecular weight is 412 g/mol. The van der Waals surface area contributed by atoms with Crippen molar-refractivity contribution < 1.29 is 14.6 Å². The Kier molecular flexibility index (Phi) is 4.73. The van der Waals surface area contributed by atoms with Crippen LogP contribution in [0.4, 0.5) is 5.82 Å². The van der Waals surface area contributed by atoms with E-state index in [0.717, 1.165) is 17.4 Å². The Balaban J connectivity index is 1.96. The minimum Gasteiger partial charge on any atom is -0.494 e. The number of carbonyl (C=O) groups is 1. The number of nitrogens with two attached hydrogens (primary N) is 1. The van der Waals surface area contributed by atoms with E-state index in [1.807, 2.05) is 13.8 Å². The van der Waals surface area contributed by atoms with Gasteiger partial charge in [-0.15, -0.1) is 0 Å². The standard InChI is InChI=1S/C20H24N6O4/c1-20(2,30-3)10-25-14-9-13(12-5-4-8-22-16(12)21)24-26(14)19(29)15(18(25)28)17(27)23-11-6-7-11/h4-5,8-9,11,28H,6-7,10H2,1-3H3,(H2,21,22)(H,23,27). The molecule has 3 heterocycles. The molecule has 0 spiro atoms. The number of nitrogen functional groups attached to an aromatic ring is 1. The van der Waals surface area contributed by atoms with Crippen LogP contribution in [0, 0.1) is 0 Å². The van der Waals surface area contributed by atoms with Gasteiger partial charge < -0.3 is 20.9 Å². The Hall–Kier alpha value is -3.40. The van der Waals surface area contributed by atoms with Crippen molar-refractivity contribution in [3.63, 3.8) is 0 Å². The first-order valence-corrected chi connectivity index (χ1v) is 9.64. The molecule has 0 radical (unpaired) electrons. The van der Waals surface area contributed by atoms with Gasteiger partial charge in [-0.2, -0.15) is 9.61 Å². The highest BCUT2D eigenvalue weighted by Crippen LogP contribution is 2.28. The molecule has 0 aliphatic heterocycles. The van der Waals surface area contributed by atoms with E-state index < -0.39 is 22.9 Å². The largest absolute Gasteiger partial charge is 0.494 e. The van der Waals surface area contributed by atoms with Gasteiger partial charge in [-0.3, -0.25) is 14.2 Å². The highest BCUT2D eigenvalue weighted by molar-refractivity contribution is 5.96. The number of rotatable bonds is 6. The Bertz CT molecular complexity index is 1190. The minimum atomic E-state index is -0.708. The Morgan fingerprint density at radius 1 is 1.43 bits per heavy atom. The summed E-state index contributed by atoms with van der Waals surface area (Å²) in [6.45, 7) is 3.85. The molecule has 4 rings (SSSR count). The predicted molar refractivity (Wildman–Crippen MR) is 110 cm³/mol. The van der Waals surface area contributed by atoms with E-state index in [-0.39, 0.29) is 24.0 Å². The van der Waals surface area contributed by atoms with Gasteiger partial charge in [-0.25, -0.2) is 4.98 Å². The molecule has 4 N–H and O–H groups in total. The quantitative estimate of drug-likeness (QED) is 0.552. The van der Waals surface area contributed by atoms with Gasteiger partial charge in [-0.05, 0) is 38.8 Å². The summed E-state index contributed by atoms with van der Waals surface area (Å²) >= 11 is 0. The van der Waals surface area contributed by atoms with Crippen molar-refractivity contribution in [2.45, 2.75) is 44.9 Å². The first-order valence-electron chi connectivity index (χ1n) is 9.64. The van der Waals surface area contributed by atoms with Gasteiger partial charge in [0.15, 0.2) is 5.56 Å². The first kappa shape index (κ1) is 19.9. The zero-order chi connectivity index (χ0) is 21.6. The summed E-state index contributed by atoms with van der Waals surface area (Å²) in [5.41, 5.74) is 5.48. The number of anilines is 1. The second kappa shape index (κ2) is 7.13. The molecular formula is C20H24N6O4. The van der Waals surface area contributed by atoms with Gasteiger partial charge in [-0.1, -0.05) is 0 Å². The fourth-order valence-electron chi connectivity index (χ4n) is 3.21. The second-order valence-electron chi connectivity index (χ2n) is 8.04. The van der Waals surface area contributed by atoms with Crippen LogP contribution < -0.4 is 16.6 Å². The van der Waals surface area contributed by atoms with Gasteiger partial charge in [0, 0.05) is 31.0 Å². The molecule has 10 heteroatoms. The van der Waals surface area contributed by atoms with Crippen LogP contribution in [0.1, 0.15) is 37.0 Å². The third-order valence-electron chi connectivity index (χ3n) is 5.20. The van der Waals surface area contributed by atoms with Crippen LogP contribution in [0.25, 0.3) is 16.9 Å². The van der Waals surface area contributed by atoms with Crippen LogP contribution in [0.15, 0.2) is 29.2 Å². The molecule has 158 valence electrons. The number of amides is 1. The van der Waals surface area contributed by atoms with E-state index in [0.29, 0.717) is 16.9 Å². The van der Waals surface area contributed by atoms with E-state index in [2.05, 4.69) is 15.4 Å². The third kappa shape index (κ3) is 3.50. The lowest BCUT2D eigenvalue weighted by Crippen LogP contribution is -2.36. The van der Waals surface area contributed by atoms with Crippen molar-refractivity contribution >= 4 is 17.4 Å². The van der Waals surface area contributed by atoms with Gasteiger partial charge in [0.1, 0.15) is 11.5 Å². The molecule has 0 aromatic carbocycles. The van der Waals surface area contributed by atoms with E-state index >= 15 is 0 Å². The molecule has 1 saturated carbocycles. The maximum absolute atomic E-state index is 13.1. The molecule has 1 fully saturated rings. The predicted octanol–water partition coefficient (Wildman–Crippen LogP) is 1.16. The Morgan fingerprint density at radius 2 is 2.17 bits per heavy atom. The summed E-state index contributed by atoms with van der Waals surface area (Å²) in [4.78, 5) is 29.9. The summed E-state index contributed by atoms with van der Waals surface area (Å²) in [7, 11) is 1.55. The van der Waals surface area contributed by atoms with E-state index in [1.54, 1.807) is 31.5 Å². The van der Waals surface area contributed by atoms with Crippen molar-refractivity contribution in [2.24, 2.45) is 0 Å². The number of pyridine rings is 1. The van der Waals surface area contributed by atoms with E-state index in [9.17, 15) is 14.7 Å². The fraction of sp³-hybridized carbons (Fsp3) is 0.400. The van der Waals surface area contributed by atoms with Crippen molar-refractivity contribution in [1.29, 1.82) is 0 Å². The average Bonchev–Trinajstić information content (AvgIpc) is 3.40. The number of ether oxygens (including phenoxy) is 1. The Labute approximate surface area is 172 Å². The number of nitrogens with zero attached hydrogens (tertiary/aromatic N) is 4. The van der Waals surface area contributed by atoms with Crippen molar-refractivity contribution in [3.05, 3.63) is 40.3 Å². The number of carbonyl (C=O) groups excluding carboxylic acids is 1. The van der Waals surface area contributed by atoms with Crippen LogP contribution in [-0.2, 0) is 11.3 Å². The molecule has 0 atom stereocenters. The number of methoxy groups -OCH3 is 1. The lowest BCUT2D eigenvalue weighted by atomic mass is 10.1. The summed E-state index contributed by atoms with van der Waals surface area (Å²) in [5, 5.41) is 18.1. The van der Waals surface area contributed by atoms with Gasteiger partial charge in [0.05, 0.1) is 17.8 Å². The summed E-state index contributed by atoms with van der Waals surface area (Å²) in [6, 6.07) is 5.10. The normalized spacial score (nSPS) is 14.2. The highest BCUT2D eigenvalue weighted by atomic mass is 16.5. The van der Waals surface area contributed by atoms with Crippen LogP contribution in [0.3, 0.4) is 0 Å². The van der Waals surface area contributed by atoms with Crippen molar-refractivity contribution in [2.75, 3.05) is 12.8 Å². The summed E-state index contributed by atoms with van der Waals surface area (Å²) in [5.74, 6) is -0.793. The number of nitrogens with one attached hydrogen (secondary N) is 1.